The maximum absolute atomic E-state index is 12.7. The Morgan fingerprint density at radius 3 is 2.57 bits per heavy atom. The van der Waals surface area contributed by atoms with Crippen LogP contribution in [0.1, 0.15) is 5.69 Å². The molecule has 0 atom stereocenters. The molecule has 0 aliphatic heterocycles. The van der Waals surface area contributed by atoms with Crippen molar-refractivity contribution in [2.24, 2.45) is 14.1 Å². The van der Waals surface area contributed by atoms with Crippen LogP contribution >= 0.6 is 0 Å². The highest BCUT2D eigenvalue weighted by atomic mass is 16.5. The van der Waals surface area contributed by atoms with Crippen LogP contribution in [0.5, 0.6) is 5.75 Å². The summed E-state index contributed by atoms with van der Waals surface area (Å²) in [5, 5.41) is 0. The Balaban J connectivity index is 2.01. The standard InChI is InChI=1S/C19H21N5O4/c1-12-11-23-15-16(21(2)19(26)22(3)17(15)25)20-18(23)24(12)13-7-5-6-8-14(13)28-10-9-27-4/h5-8,11H,9-10H2,1-4H3. The van der Waals surface area contributed by atoms with Crippen molar-refractivity contribution >= 4 is 16.9 Å². The van der Waals surface area contributed by atoms with Gasteiger partial charge in [-0.1, -0.05) is 12.1 Å². The number of fused-ring (bicyclic) bond motifs is 3. The Labute approximate surface area is 160 Å². The van der Waals surface area contributed by atoms with Gasteiger partial charge >= 0.3 is 5.69 Å². The number of aromatic nitrogens is 5. The second kappa shape index (κ2) is 6.68. The largest absolute Gasteiger partial charge is 0.489 e. The lowest BCUT2D eigenvalue weighted by Crippen LogP contribution is -2.37. The van der Waals surface area contributed by atoms with Gasteiger partial charge in [0.2, 0.25) is 5.78 Å². The molecule has 28 heavy (non-hydrogen) atoms. The number of methoxy groups -OCH3 is 1. The fraction of sp³-hybridized carbons (Fsp3) is 0.316. The normalized spacial score (nSPS) is 11.6. The molecule has 0 amide bonds. The fourth-order valence-corrected chi connectivity index (χ4v) is 3.38. The summed E-state index contributed by atoms with van der Waals surface area (Å²) in [6, 6.07) is 7.60. The summed E-state index contributed by atoms with van der Waals surface area (Å²) in [6.45, 7) is 2.81. The first-order valence-electron chi connectivity index (χ1n) is 8.83. The molecule has 146 valence electrons. The lowest BCUT2D eigenvalue weighted by molar-refractivity contribution is 0.146. The number of nitrogens with zero attached hydrogens (tertiary/aromatic N) is 5. The summed E-state index contributed by atoms with van der Waals surface area (Å²) >= 11 is 0. The first-order valence-corrected chi connectivity index (χ1v) is 8.83. The smallest absolute Gasteiger partial charge is 0.332 e. The summed E-state index contributed by atoms with van der Waals surface area (Å²) in [6.07, 6.45) is 1.84. The Morgan fingerprint density at radius 1 is 1.07 bits per heavy atom. The minimum atomic E-state index is -0.412. The number of aryl methyl sites for hydroxylation is 2. The van der Waals surface area contributed by atoms with Gasteiger partial charge in [0, 0.05) is 33.1 Å². The van der Waals surface area contributed by atoms with Gasteiger partial charge in [0.1, 0.15) is 12.4 Å². The number of benzene rings is 1. The number of ether oxygens (including phenoxy) is 2. The second-order valence-electron chi connectivity index (χ2n) is 6.57. The minimum Gasteiger partial charge on any atom is -0.489 e. The van der Waals surface area contributed by atoms with Crippen molar-refractivity contribution < 1.29 is 9.47 Å². The van der Waals surface area contributed by atoms with Crippen LogP contribution in [0.4, 0.5) is 0 Å². The van der Waals surface area contributed by atoms with E-state index in [9.17, 15) is 9.59 Å². The van der Waals surface area contributed by atoms with E-state index in [-0.39, 0.29) is 5.56 Å². The summed E-state index contributed by atoms with van der Waals surface area (Å²) in [5.74, 6) is 1.21. The first kappa shape index (κ1) is 18.1. The highest BCUT2D eigenvalue weighted by Gasteiger charge is 2.20. The van der Waals surface area contributed by atoms with Gasteiger partial charge in [-0.05, 0) is 19.1 Å². The summed E-state index contributed by atoms with van der Waals surface area (Å²) in [4.78, 5) is 29.6. The average Bonchev–Trinajstić information content (AvgIpc) is 3.20. The molecule has 0 fully saturated rings. The first-order chi connectivity index (χ1) is 13.5. The Kier molecular flexibility index (Phi) is 4.31. The van der Waals surface area contributed by atoms with Gasteiger partial charge in [-0.25, -0.2) is 4.79 Å². The van der Waals surface area contributed by atoms with Gasteiger partial charge in [0.25, 0.3) is 5.56 Å². The quantitative estimate of drug-likeness (QED) is 0.480. The van der Waals surface area contributed by atoms with Crippen LogP contribution in [-0.2, 0) is 18.8 Å². The SMILES string of the molecule is COCCOc1ccccc1-n1c(C)cn2c3c(=O)n(C)c(=O)n(C)c3nc12. The molecule has 3 heterocycles. The van der Waals surface area contributed by atoms with E-state index in [1.165, 1.54) is 11.6 Å². The van der Waals surface area contributed by atoms with E-state index in [1.54, 1.807) is 18.6 Å². The van der Waals surface area contributed by atoms with Crippen molar-refractivity contribution in [2.45, 2.75) is 6.92 Å². The lowest BCUT2D eigenvalue weighted by atomic mass is 10.3. The van der Waals surface area contributed by atoms with Crippen LogP contribution in [0.3, 0.4) is 0 Å². The molecule has 4 aromatic rings. The monoisotopic (exact) mass is 383 g/mol. The van der Waals surface area contributed by atoms with Crippen molar-refractivity contribution in [3.05, 3.63) is 57.0 Å². The predicted molar refractivity (Wildman–Crippen MR) is 105 cm³/mol. The molecule has 1 aromatic carbocycles. The molecular formula is C19H21N5O4. The zero-order valence-corrected chi connectivity index (χ0v) is 16.2. The number of hydrogen-bond donors (Lipinski definition) is 0. The molecular weight excluding hydrogens is 362 g/mol. The molecule has 0 aliphatic rings. The van der Waals surface area contributed by atoms with E-state index in [4.69, 9.17) is 9.47 Å². The van der Waals surface area contributed by atoms with E-state index in [0.29, 0.717) is 35.9 Å². The van der Waals surface area contributed by atoms with Gasteiger partial charge in [-0.2, -0.15) is 4.98 Å². The average molecular weight is 383 g/mol. The van der Waals surface area contributed by atoms with Gasteiger partial charge in [-0.15, -0.1) is 0 Å². The topological polar surface area (TPSA) is 84.7 Å². The molecule has 9 heteroatoms. The highest BCUT2D eigenvalue weighted by Crippen LogP contribution is 2.27. The number of rotatable bonds is 5. The molecule has 3 aromatic heterocycles. The maximum Gasteiger partial charge on any atom is 0.332 e. The zero-order valence-electron chi connectivity index (χ0n) is 16.2. The third kappa shape index (κ3) is 2.55. The number of imidazole rings is 2. The Hall–Kier alpha value is -3.33. The maximum atomic E-state index is 12.7. The highest BCUT2D eigenvalue weighted by molar-refractivity contribution is 5.76. The molecule has 0 aliphatic carbocycles. The molecule has 0 spiro atoms. The van der Waals surface area contributed by atoms with E-state index >= 15 is 0 Å². The molecule has 0 saturated heterocycles. The van der Waals surface area contributed by atoms with Crippen molar-refractivity contribution in [3.8, 4) is 11.4 Å². The summed E-state index contributed by atoms with van der Waals surface area (Å²) < 4.78 is 17.0. The molecule has 0 radical (unpaired) electrons. The fourth-order valence-electron chi connectivity index (χ4n) is 3.38. The minimum absolute atomic E-state index is 0.342. The van der Waals surface area contributed by atoms with Crippen LogP contribution in [0.25, 0.3) is 22.6 Å². The Morgan fingerprint density at radius 2 is 1.82 bits per heavy atom. The van der Waals surface area contributed by atoms with Crippen LogP contribution < -0.4 is 16.0 Å². The predicted octanol–water partition coefficient (Wildman–Crippen LogP) is 1.01. The third-order valence-electron chi connectivity index (χ3n) is 4.79. The van der Waals surface area contributed by atoms with E-state index in [2.05, 4.69) is 4.98 Å². The van der Waals surface area contributed by atoms with Crippen molar-refractivity contribution in [1.29, 1.82) is 0 Å². The number of hydrogen-bond acceptors (Lipinski definition) is 5. The molecule has 0 saturated carbocycles. The van der Waals surface area contributed by atoms with Crippen LogP contribution in [0.2, 0.25) is 0 Å². The van der Waals surface area contributed by atoms with Gasteiger partial charge < -0.3 is 9.47 Å². The molecule has 0 N–H and O–H groups in total. The van der Waals surface area contributed by atoms with E-state index in [0.717, 1.165) is 15.9 Å². The van der Waals surface area contributed by atoms with Gasteiger partial charge in [-0.3, -0.25) is 22.9 Å². The lowest BCUT2D eigenvalue weighted by Gasteiger charge is -2.13. The molecule has 0 bridgehead atoms. The van der Waals surface area contributed by atoms with Crippen molar-refractivity contribution in [2.75, 3.05) is 20.3 Å². The van der Waals surface area contributed by atoms with Crippen molar-refractivity contribution in [3.63, 3.8) is 0 Å². The second-order valence-corrected chi connectivity index (χ2v) is 6.57. The van der Waals surface area contributed by atoms with Gasteiger partial charge in [0.05, 0.1) is 12.3 Å². The van der Waals surface area contributed by atoms with Crippen molar-refractivity contribution in [1.82, 2.24) is 23.1 Å². The van der Waals surface area contributed by atoms with Crippen LogP contribution in [-0.4, -0.2) is 43.4 Å². The van der Waals surface area contributed by atoms with Gasteiger partial charge in [0.15, 0.2) is 11.2 Å². The molecule has 9 nitrogen and oxygen atoms in total. The summed E-state index contributed by atoms with van der Waals surface area (Å²) in [5.41, 5.74) is 1.58. The third-order valence-corrected chi connectivity index (χ3v) is 4.79. The number of para-hydroxylation sites is 2. The zero-order chi connectivity index (χ0) is 20.0. The molecule has 0 unspecified atom stereocenters. The van der Waals surface area contributed by atoms with E-state index < -0.39 is 5.69 Å². The van der Waals surface area contributed by atoms with Crippen LogP contribution in [0.15, 0.2) is 40.1 Å². The van der Waals surface area contributed by atoms with Crippen LogP contribution in [0, 0.1) is 6.92 Å². The Bertz CT molecular complexity index is 1310. The molecule has 4 rings (SSSR count). The summed E-state index contributed by atoms with van der Waals surface area (Å²) in [7, 11) is 4.69. The van der Waals surface area contributed by atoms with E-state index in [1.807, 2.05) is 42.0 Å².